The molecule has 1 heterocycles. The summed E-state index contributed by atoms with van der Waals surface area (Å²) in [5.41, 5.74) is 2.91. The van der Waals surface area contributed by atoms with E-state index in [0.717, 1.165) is 17.5 Å². The highest BCUT2D eigenvalue weighted by molar-refractivity contribution is 6.30. The Bertz CT molecular complexity index is 826. The predicted molar refractivity (Wildman–Crippen MR) is 92.9 cm³/mol. The quantitative estimate of drug-likeness (QED) is 0.757. The van der Waals surface area contributed by atoms with Crippen LogP contribution in [-0.4, -0.2) is 16.1 Å². The molecule has 0 saturated carbocycles. The van der Waals surface area contributed by atoms with Gasteiger partial charge < -0.3 is 4.42 Å². The Hall–Kier alpha value is -2.66. The van der Waals surface area contributed by atoms with Gasteiger partial charge in [-0.25, -0.2) is 0 Å². The van der Waals surface area contributed by atoms with E-state index < -0.39 is 0 Å². The van der Waals surface area contributed by atoms with Gasteiger partial charge in [0.1, 0.15) is 0 Å². The molecule has 0 saturated heterocycles. The van der Waals surface area contributed by atoms with E-state index in [2.05, 4.69) is 22.4 Å². The topological polar surface area (TPSA) is 68.0 Å². The van der Waals surface area contributed by atoms with Crippen molar-refractivity contribution in [1.29, 1.82) is 0 Å². The third-order valence-electron chi connectivity index (χ3n) is 3.56. The summed E-state index contributed by atoms with van der Waals surface area (Å²) < 4.78 is 5.46. The largest absolute Gasteiger partial charge is 0.403 e. The van der Waals surface area contributed by atoms with Crippen molar-refractivity contribution in [3.05, 3.63) is 64.7 Å². The number of carbonyl (C=O) groups is 1. The van der Waals surface area contributed by atoms with E-state index in [-0.39, 0.29) is 18.3 Å². The van der Waals surface area contributed by atoms with Crippen molar-refractivity contribution >= 4 is 23.5 Å². The molecule has 0 aliphatic heterocycles. The zero-order valence-corrected chi connectivity index (χ0v) is 13.9. The lowest BCUT2D eigenvalue weighted by atomic mass is 10.1. The number of amides is 1. The van der Waals surface area contributed by atoms with Gasteiger partial charge in [-0.2, -0.15) is 0 Å². The second-order valence-electron chi connectivity index (χ2n) is 5.31. The van der Waals surface area contributed by atoms with Crippen LogP contribution in [0.1, 0.15) is 18.1 Å². The number of nitrogens with zero attached hydrogens (tertiary/aromatic N) is 2. The van der Waals surface area contributed by atoms with Crippen LogP contribution in [-0.2, 0) is 17.6 Å². The van der Waals surface area contributed by atoms with Crippen molar-refractivity contribution in [1.82, 2.24) is 10.2 Å². The van der Waals surface area contributed by atoms with Crippen molar-refractivity contribution in [3.63, 3.8) is 0 Å². The van der Waals surface area contributed by atoms with Crippen LogP contribution >= 0.6 is 11.6 Å². The summed E-state index contributed by atoms with van der Waals surface area (Å²) in [7, 11) is 0. The number of rotatable bonds is 5. The maximum atomic E-state index is 12.1. The molecule has 1 N–H and O–H groups in total. The minimum Gasteiger partial charge on any atom is -0.403 e. The van der Waals surface area contributed by atoms with Gasteiger partial charge in [0.15, 0.2) is 0 Å². The van der Waals surface area contributed by atoms with Crippen molar-refractivity contribution in [2.75, 3.05) is 5.32 Å². The first-order valence-electron chi connectivity index (χ1n) is 7.61. The Labute approximate surface area is 144 Å². The van der Waals surface area contributed by atoms with Gasteiger partial charge in [0.25, 0.3) is 0 Å². The van der Waals surface area contributed by atoms with Crippen LogP contribution in [0.25, 0.3) is 11.5 Å². The van der Waals surface area contributed by atoms with Gasteiger partial charge in [0.2, 0.25) is 11.8 Å². The van der Waals surface area contributed by atoms with E-state index in [4.69, 9.17) is 16.0 Å². The minimum absolute atomic E-state index is 0.0788. The molecular weight excluding hydrogens is 326 g/mol. The van der Waals surface area contributed by atoms with Crippen molar-refractivity contribution in [3.8, 4) is 11.5 Å². The summed E-state index contributed by atoms with van der Waals surface area (Å²) >= 11 is 5.85. The summed E-state index contributed by atoms with van der Waals surface area (Å²) in [6, 6.07) is 15.0. The van der Waals surface area contributed by atoms with Crippen LogP contribution < -0.4 is 5.32 Å². The molecule has 24 heavy (non-hydrogen) atoms. The zero-order valence-electron chi connectivity index (χ0n) is 13.1. The third kappa shape index (κ3) is 4.00. The van der Waals surface area contributed by atoms with Gasteiger partial charge in [0.05, 0.1) is 6.42 Å². The molecule has 3 rings (SSSR count). The molecule has 6 heteroatoms. The molecule has 0 radical (unpaired) electrons. The highest BCUT2D eigenvalue weighted by Gasteiger charge is 2.11. The number of hydrogen-bond acceptors (Lipinski definition) is 4. The number of carbonyl (C=O) groups excluding carboxylic acids is 1. The van der Waals surface area contributed by atoms with Crippen molar-refractivity contribution in [2.45, 2.75) is 19.8 Å². The number of aryl methyl sites for hydroxylation is 1. The van der Waals surface area contributed by atoms with Gasteiger partial charge in [-0.05, 0) is 41.8 Å². The first-order chi connectivity index (χ1) is 11.6. The van der Waals surface area contributed by atoms with E-state index in [9.17, 15) is 4.79 Å². The first kappa shape index (κ1) is 16.2. The maximum absolute atomic E-state index is 12.1. The highest BCUT2D eigenvalue weighted by atomic mass is 35.5. The van der Waals surface area contributed by atoms with Gasteiger partial charge in [-0.1, -0.05) is 47.9 Å². The molecule has 3 aromatic rings. The molecule has 0 spiro atoms. The SMILES string of the molecule is CCc1ccc(CC(=O)Nc2nnc(-c3ccc(Cl)cc3)o2)cc1. The Balaban J connectivity index is 1.63. The van der Waals surface area contributed by atoms with Gasteiger partial charge in [-0.15, -0.1) is 5.10 Å². The number of benzene rings is 2. The number of halogens is 1. The fourth-order valence-corrected chi connectivity index (χ4v) is 2.35. The molecule has 5 nitrogen and oxygen atoms in total. The number of hydrogen-bond donors (Lipinski definition) is 1. The van der Waals surface area contributed by atoms with Crippen LogP contribution in [0.15, 0.2) is 52.9 Å². The highest BCUT2D eigenvalue weighted by Crippen LogP contribution is 2.21. The van der Waals surface area contributed by atoms with Crippen LogP contribution in [0.4, 0.5) is 6.01 Å². The zero-order chi connectivity index (χ0) is 16.9. The van der Waals surface area contributed by atoms with Gasteiger partial charge in [-0.3, -0.25) is 10.1 Å². The lowest BCUT2D eigenvalue weighted by Gasteiger charge is -2.02. The molecular formula is C18H16ClN3O2. The van der Waals surface area contributed by atoms with Crippen LogP contribution in [0.5, 0.6) is 0 Å². The molecule has 1 amide bonds. The average Bonchev–Trinajstić information content (AvgIpc) is 3.04. The third-order valence-corrected chi connectivity index (χ3v) is 3.81. The minimum atomic E-state index is -0.203. The molecule has 1 aromatic heterocycles. The predicted octanol–water partition coefficient (Wildman–Crippen LogP) is 4.13. The summed E-state index contributed by atoms with van der Waals surface area (Å²) in [4.78, 5) is 12.1. The Morgan fingerprint density at radius 3 is 2.38 bits per heavy atom. The number of nitrogens with one attached hydrogen (secondary N) is 1. The Kier molecular flexibility index (Phi) is 4.91. The van der Waals surface area contributed by atoms with Gasteiger partial charge >= 0.3 is 6.01 Å². The summed E-state index contributed by atoms with van der Waals surface area (Å²) in [5, 5.41) is 11.0. The fourth-order valence-electron chi connectivity index (χ4n) is 2.22. The van der Waals surface area contributed by atoms with Crippen molar-refractivity contribution in [2.24, 2.45) is 0 Å². The molecule has 0 aliphatic rings. The molecule has 0 bridgehead atoms. The molecule has 122 valence electrons. The van der Waals surface area contributed by atoms with E-state index in [1.807, 2.05) is 24.3 Å². The van der Waals surface area contributed by atoms with E-state index in [1.54, 1.807) is 24.3 Å². The van der Waals surface area contributed by atoms with Gasteiger partial charge in [0, 0.05) is 10.6 Å². The molecule has 0 unspecified atom stereocenters. The lowest BCUT2D eigenvalue weighted by molar-refractivity contribution is -0.115. The van der Waals surface area contributed by atoms with E-state index in [1.165, 1.54) is 5.56 Å². The smallest absolute Gasteiger partial charge is 0.322 e. The van der Waals surface area contributed by atoms with Crippen LogP contribution in [0.3, 0.4) is 0 Å². The Morgan fingerprint density at radius 1 is 1.04 bits per heavy atom. The first-order valence-corrected chi connectivity index (χ1v) is 7.99. The van der Waals surface area contributed by atoms with E-state index in [0.29, 0.717) is 10.9 Å². The standard InChI is InChI=1S/C18H16ClN3O2/c1-2-12-3-5-13(6-4-12)11-16(23)20-18-22-21-17(24-18)14-7-9-15(19)10-8-14/h3-10H,2,11H2,1H3,(H,20,22,23). The van der Waals surface area contributed by atoms with E-state index >= 15 is 0 Å². The lowest BCUT2D eigenvalue weighted by Crippen LogP contribution is -2.14. The molecule has 0 aliphatic carbocycles. The molecule has 0 fully saturated rings. The molecule has 2 aromatic carbocycles. The fraction of sp³-hybridized carbons (Fsp3) is 0.167. The average molecular weight is 342 g/mol. The van der Waals surface area contributed by atoms with Crippen LogP contribution in [0.2, 0.25) is 5.02 Å². The number of aromatic nitrogens is 2. The maximum Gasteiger partial charge on any atom is 0.322 e. The summed E-state index contributed by atoms with van der Waals surface area (Å²) in [6.07, 6.45) is 1.23. The summed E-state index contributed by atoms with van der Waals surface area (Å²) in [5.74, 6) is 0.125. The summed E-state index contributed by atoms with van der Waals surface area (Å²) in [6.45, 7) is 2.09. The molecule has 0 atom stereocenters. The Morgan fingerprint density at radius 2 is 1.71 bits per heavy atom. The van der Waals surface area contributed by atoms with Crippen molar-refractivity contribution < 1.29 is 9.21 Å². The second-order valence-corrected chi connectivity index (χ2v) is 5.75. The second kappa shape index (κ2) is 7.27. The van der Waals surface area contributed by atoms with Crippen LogP contribution in [0, 0.1) is 0 Å². The normalized spacial score (nSPS) is 10.6. The monoisotopic (exact) mass is 341 g/mol. The number of anilines is 1.